The summed E-state index contributed by atoms with van der Waals surface area (Å²) in [5.74, 6) is -0.255. The first-order chi connectivity index (χ1) is 16.3. The Balaban J connectivity index is 1.70. The minimum atomic E-state index is -3.93. The molecule has 3 rings (SSSR count). The molecule has 0 aliphatic carbocycles. The largest absolute Gasteiger partial charge is 0.497 e. The van der Waals surface area contributed by atoms with Gasteiger partial charge >= 0.3 is 0 Å². The average molecular weight is 489 g/mol. The second-order valence-corrected chi connectivity index (χ2v) is 8.81. The quantitative estimate of drug-likeness (QED) is 0.437. The van der Waals surface area contributed by atoms with Crippen LogP contribution in [0.25, 0.3) is 0 Å². The molecule has 0 spiro atoms. The molecule has 0 fully saturated rings. The number of anilines is 2. The summed E-state index contributed by atoms with van der Waals surface area (Å²) < 4.78 is 57.8. The van der Waals surface area contributed by atoms with Gasteiger partial charge in [0, 0.05) is 11.8 Å². The van der Waals surface area contributed by atoms with Crippen molar-refractivity contribution in [3.05, 3.63) is 72.5 Å². The Bertz CT molecular complexity index is 1250. The van der Waals surface area contributed by atoms with Crippen molar-refractivity contribution in [3.8, 4) is 17.2 Å². The van der Waals surface area contributed by atoms with E-state index in [0.717, 1.165) is 0 Å². The molecule has 34 heavy (non-hydrogen) atoms. The summed E-state index contributed by atoms with van der Waals surface area (Å²) in [5.41, 5.74) is 0.610. The standard InChI is InChI=1S/C24H25FN2O6S/c1-4-21(33-22-8-6-5-7-19(22)25)24(28)26-16-9-12-18(13-10-16)34(29,30)27-20-14-11-17(31-2)15-23(20)32-3/h5-15,21,27H,4H2,1-3H3,(H,26,28)/t21-/m1/s1. The van der Waals surface area contributed by atoms with Gasteiger partial charge in [0.2, 0.25) is 0 Å². The Kier molecular flexibility index (Phi) is 7.95. The van der Waals surface area contributed by atoms with E-state index >= 15 is 0 Å². The number of amides is 1. The maximum atomic E-state index is 13.8. The van der Waals surface area contributed by atoms with Crippen molar-refractivity contribution in [1.82, 2.24) is 0 Å². The van der Waals surface area contributed by atoms with Crippen molar-refractivity contribution in [3.63, 3.8) is 0 Å². The van der Waals surface area contributed by atoms with Crippen LogP contribution in [0.4, 0.5) is 15.8 Å². The van der Waals surface area contributed by atoms with Crippen LogP contribution in [0, 0.1) is 5.82 Å². The van der Waals surface area contributed by atoms with Gasteiger partial charge in [-0.25, -0.2) is 12.8 Å². The van der Waals surface area contributed by atoms with E-state index < -0.39 is 27.9 Å². The fourth-order valence-electron chi connectivity index (χ4n) is 3.04. The van der Waals surface area contributed by atoms with E-state index in [-0.39, 0.29) is 16.3 Å². The van der Waals surface area contributed by atoms with Crippen molar-refractivity contribution >= 4 is 27.3 Å². The summed E-state index contributed by atoms with van der Waals surface area (Å²) in [6, 6.07) is 16.1. The Morgan fingerprint density at radius 3 is 2.29 bits per heavy atom. The number of hydrogen-bond donors (Lipinski definition) is 2. The normalized spacial score (nSPS) is 11.9. The number of benzene rings is 3. The fourth-order valence-corrected chi connectivity index (χ4v) is 4.11. The van der Waals surface area contributed by atoms with Crippen molar-refractivity contribution in [2.24, 2.45) is 0 Å². The highest BCUT2D eigenvalue weighted by Crippen LogP contribution is 2.31. The molecule has 180 valence electrons. The molecule has 0 saturated carbocycles. The molecule has 0 aliphatic rings. The first-order valence-electron chi connectivity index (χ1n) is 10.3. The molecule has 1 amide bonds. The van der Waals surface area contributed by atoms with Gasteiger partial charge in [-0.2, -0.15) is 0 Å². The maximum Gasteiger partial charge on any atom is 0.265 e. The van der Waals surface area contributed by atoms with Crippen LogP contribution in [0.5, 0.6) is 17.2 Å². The van der Waals surface area contributed by atoms with E-state index in [4.69, 9.17) is 14.2 Å². The third-order valence-corrected chi connectivity index (χ3v) is 6.24. The third kappa shape index (κ3) is 5.96. The van der Waals surface area contributed by atoms with Crippen LogP contribution in [0.2, 0.25) is 0 Å². The second kappa shape index (κ2) is 10.9. The fraction of sp³-hybridized carbons (Fsp3) is 0.208. The Hall–Kier alpha value is -3.79. The van der Waals surface area contributed by atoms with E-state index in [1.54, 1.807) is 25.1 Å². The molecule has 0 aromatic heterocycles. The van der Waals surface area contributed by atoms with Crippen LogP contribution in [0.1, 0.15) is 13.3 Å². The lowest BCUT2D eigenvalue weighted by atomic mass is 10.2. The van der Waals surface area contributed by atoms with Gasteiger partial charge in [-0.1, -0.05) is 19.1 Å². The van der Waals surface area contributed by atoms with Gasteiger partial charge in [0.05, 0.1) is 24.8 Å². The number of ether oxygens (including phenoxy) is 3. The van der Waals surface area contributed by atoms with Gasteiger partial charge in [0.25, 0.3) is 15.9 Å². The average Bonchev–Trinajstić information content (AvgIpc) is 2.83. The maximum absolute atomic E-state index is 13.8. The van der Waals surface area contributed by atoms with E-state index in [0.29, 0.717) is 23.6 Å². The van der Waals surface area contributed by atoms with Gasteiger partial charge in [0.1, 0.15) is 11.5 Å². The molecular weight excluding hydrogens is 463 g/mol. The lowest BCUT2D eigenvalue weighted by Gasteiger charge is -2.18. The van der Waals surface area contributed by atoms with Gasteiger partial charge in [-0.15, -0.1) is 0 Å². The Morgan fingerprint density at radius 2 is 1.68 bits per heavy atom. The van der Waals surface area contributed by atoms with Crippen molar-refractivity contribution < 1.29 is 31.8 Å². The number of hydrogen-bond acceptors (Lipinski definition) is 6. The molecule has 10 heteroatoms. The number of methoxy groups -OCH3 is 2. The first-order valence-corrected chi connectivity index (χ1v) is 11.8. The zero-order valence-electron chi connectivity index (χ0n) is 18.9. The highest BCUT2D eigenvalue weighted by molar-refractivity contribution is 7.92. The molecule has 8 nitrogen and oxygen atoms in total. The molecule has 2 N–H and O–H groups in total. The Morgan fingerprint density at radius 1 is 0.971 bits per heavy atom. The number of para-hydroxylation sites is 1. The molecule has 1 atom stereocenters. The number of carbonyl (C=O) groups is 1. The lowest BCUT2D eigenvalue weighted by molar-refractivity contribution is -0.122. The van der Waals surface area contributed by atoms with E-state index in [1.165, 1.54) is 62.8 Å². The van der Waals surface area contributed by atoms with Crippen molar-refractivity contribution in [1.29, 1.82) is 0 Å². The highest BCUT2D eigenvalue weighted by Gasteiger charge is 2.21. The number of nitrogens with one attached hydrogen (secondary N) is 2. The number of sulfonamides is 1. The molecule has 0 unspecified atom stereocenters. The predicted octanol–water partition coefficient (Wildman–Crippen LogP) is 4.44. The first kappa shape index (κ1) is 24.8. The molecule has 0 heterocycles. The van der Waals surface area contributed by atoms with Crippen LogP contribution in [0.3, 0.4) is 0 Å². The lowest BCUT2D eigenvalue weighted by Crippen LogP contribution is -2.32. The van der Waals surface area contributed by atoms with Gasteiger partial charge in [-0.05, 0) is 55.0 Å². The molecule has 0 saturated heterocycles. The summed E-state index contributed by atoms with van der Waals surface area (Å²) in [6.07, 6.45) is -0.621. The third-order valence-electron chi connectivity index (χ3n) is 4.85. The van der Waals surface area contributed by atoms with E-state index in [9.17, 15) is 17.6 Å². The van der Waals surface area contributed by atoms with Gasteiger partial charge in [0.15, 0.2) is 17.7 Å². The SMILES string of the molecule is CC[C@@H](Oc1ccccc1F)C(=O)Nc1ccc(S(=O)(=O)Nc2ccc(OC)cc2OC)cc1. The summed E-state index contributed by atoms with van der Waals surface area (Å²) in [6.45, 7) is 1.74. The summed E-state index contributed by atoms with van der Waals surface area (Å²) in [7, 11) is -1.01. The van der Waals surface area contributed by atoms with Crippen LogP contribution in [0.15, 0.2) is 71.6 Å². The molecular formula is C24H25FN2O6S. The molecule has 0 bridgehead atoms. The highest BCUT2D eigenvalue weighted by atomic mass is 32.2. The monoisotopic (exact) mass is 488 g/mol. The molecule has 3 aromatic rings. The van der Waals surface area contributed by atoms with E-state index in [2.05, 4.69) is 10.0 Å². The minimum absolute atomic E-state index is 0.0157. The van der Waals surface area contributed by atoms with Crippen molar-refractivity contribution in [2.75, 3.05) is 24.3 Å². The van der Waals surface area contributed by atoms with E-state index in [1.807, 2.05) is 0 Å². The smallest absolute Gasteiger partial charge is 0.265 e. The summed E-state index contributed by atoms with van der Waals surface area (Å²) >= 11 is 0. The van der Waals surface area contributed by atoms with Gasteiger partial charge in [-0.3, -0.25) is 9.52 Å². The van der Waals surface area contributed by atoms with Crippen LogP contribution in [-0.2, 0) is 14.8 Å². The predicted molar refractivity (Wildman–Crippen MR) is 127 cm³/mol. The van der Waals surface area contributed by atoms with Gasteiger partial charge < -0.3 is 19.5 Å². The van der Waals surface area contributed by atoms with Crippen LogP contribution < -0.4 is 24.2 Å². The number of halogens is 1. The van der Waals surface area contributed by atoms with Crippen LogP contribution in [-0.4, -0.2) is 34.6 Å². The zero-order valence-corrected chi connectivity index (χ0v) is 19.7. The van der Waals surface area contributed by atoms with Crippen molar-refractivity contribution in [2.45, 2.75) is 24.3 Å². The zero-order chi connectivity index (χ0) is 24.7. The number of carbonyl (C=O) groups excluding carboxylic acids is 1. The molecule has 3 aromatic carbocycles. The summed E-state index contributed by atoms with van der Waals surface area (Å²) in [5, 5.41) is 2.66. The van der Waals surface area contributed by atoms with Crippen LogP contribution >= 0.6 is 0 Å². The summed E-state index contributed by atoms with van der Waals surface area (Å²) in [4.78, 5) is 12.6. The number of rotatable bonds is 10. The topological polar surface area (TPSA) is 103 Å². The molecule has 0 aliphatic heterocycles. The minimum Gasteiger partial charge on any atom is -0.497 e. The Labute approximate surface area is 197 Å². The molecule has 0 radical (unpaired) electrons. The second-order valence-electron chi connectivity index (χ2n) is 7.13.